The first-order chi connectivity index (χ1) is 9.40. The highest BCUT2D eigenvalue weighted by molar-refractivity contribution is 5.33. The molecule has 0 heterocycles. The number of aryl methyl sites for hydroxylation is 2. The van der Waals surface area contributed by atoms with E-state index in [1.165, 1.54) is 17.5 Å². The van der Waals surface area contributed by atoms with Gasteiger partial charge < -0.3 is 4.74 Å². The molecule has 0 amide bonds. The molecule has 0 radical (unpaired) electrons. The Kier molecular flexibility index (Phi) is 5.49. The van der Waals surface area contributed by atoms with Crippen molar-refractivity contribution in [3.8, 4) is 5.75 Å². The van der Waals surface area contributed by atoms with Crippen LogP contribution in [0.4, 0.5) is 0 Å². The minimum Gasteiger partial charge on any atom is -0.493 e. The van der Waals surface area contributed by atoms with Crippen molar-refractivity contribution in [3.63, 3.8) is 0 Å². The van der Waals surface area contributed by atoms with Crippen molar-refractivity contribution in [2.75, 3.05) is 6.61 Å². The van der Waals surface area contributed by atoms with Crippen molar-refractivity contribution >= 4 is 0 Å². The fourth-order valence-corrected chi connectivity index (χ4v) is 2.19. The topological polar surface area (TPSA) is 9.23 Å². The van der Waals surface area contributed by atoms with Gasteiger partial charge in [-0.05, 0) is 42.9 Å². The number of hydrogen-bond donors (Lipinski definition) is 0. The molecule has 2 aromatic carbocycles. The molecule has 0 atom stereocenters. The lowest BCUT2D eigenvalue weighted by molar-refractivity contribution is 0.304. The third kappa shape index (κ3) is 4.44. The Hall–Kier alpha value is -1.76. The Labute approximate surface area is 116 Å². The van der Waals surface area contributed by atoms with Gasteiger partial charge >= 0.3 is 0 Å². The molecule has 0 bridgehead atoms. The normalized spacial score (nSPS) is 10.4. The van der Waals surface area contributed by atoms with Gasteiger partial charge in [0.05, 0.1) is 6.61 Å². The molecule has 0 aromatic heterocycles. The van der Waals surface area contributed by atoms with Gasteiger partial charge in [0.2, 0.25) is 0 Å². The summed E-state index contributed by atoms with van der Waals surface area (Å²) < 4.78 is 5.87. The first-order valence-corrected chi connectivity index (χ1v) is 7.15. The van der Waals surface area contributed by atoms with E-state index >= 15 is 0 Å². The predicted octanol–water partition coefficient (Wildman–Crippen LogP) is 4.65. The van der Waals surface area contributed by atoms with Crippen LogP contribution in [-0.2, 0) is 12.8 Å². The second-order valence-corrected chi connectivity index (χ2v) is 4.75. The van der Waals surface area contributed by atoms with Crippen LogP contribution in [0.3, 0.4) is 0 Å². The van der Waals surface area contributed by atoms with Crippen LogP contribution in [0, 0.1) is 0 Å². The summed E-state index contributed by atoms with van der Waals surface area (Å²) in [6.45, 7) is 2.97. The lowest BCUT2D eigenvalue weighted by Gasteiger charge is -2.10. The minimum atomic E-state index is 0.809. The van der Waals surface area contributed by atoms with E-state index in [2.05, 4.69) is 55.5 Å². The Bertz CT molecular complexity index is 476. The fraction of sp³-hybridized carbons (Fsp3) is 0.333. The van der Waals surface area contributed by atoms with Crippen LogP contribution in [0.15, 0.2) is 54.6 Å². The van der Waals surface area contributed by atoms with Gasteiger partial charge in [0.25, 0.3) is 0 Å². The SMILES string of the molecule is CCc1ccccc1OCCCCc1ccccc1. The molecule has 0 aliphatic carbocycles. The molecule has 0 fully saturated rings. The fourth-order valence-electron chi connectivity index (χ4n) is 2.19. The van der Waals surface area contributed by atoms with E-state index in [0.29, 0.717) is 0 Å². The van der Waals surface area contributed by atoms with Crippen molar-refractivity contribution in [3.05, 3.63) is 65.7 Å². The van der Waals surface area contributed by atoms with E-state index < -0.39 is 0 Å². The monoisotopic (exact) mass is 254 g/mol. The number of para-hydroxylation sites is 1. The van der Waals surface area contributed by atoms with Crippen molar-refractivity contribution < 1.29 is 4.74 Å². The number of ether oxygens (including phenoxy) is 1. The zero-order valence-electron chi connectivity index (χ0n) is 11.6. The maximum atomic E-state index is 5.87. The van der Waals surface area contributed by atoms with E-state index in [0.717, 1.165) is 31.6 Å². The van der Waals surface area contributed by atoms with Crippen LogP contribution in [0.5, 0.6) is 5.75 Å². The molecule has 0 unspecified atom stereocenters. The van der Waals surface area contributed by atoms with Crippen molar-refractivity contribution in [1.29, 1.82) is 0 Å². The van der Waals surface area contributed by atoms with Gasteiger partial charge in [0.1, 0.15) is 5.75 Å². The molecular formula is C18H22O. The van der Waals surface area contributed by atoms with Crippen LogP contribution in [0.2, 0.25) is 0 Å². The van der Waals surface area contributed by atoms with E-state index in [4.69, 9.17) is 4.74 Å². The number of hydrogen-bond acceptors (Lipinski definition) is 1. The molecule has 19 heavy (non-hydrogen) atoms. The molecule has 0 spiro atoms. The van der Waals surface area contributed by atoms with Gasteiger partial charge in [-0.25, -0.2) is 0 Å². The highest BCUT2D eigenvalue weighted by Gasteiger charge is 2.00. The van der Waals surface area contributed by atoms with Gasteiger partial charge in [-0.2, -0.15) is 0 Å². The Morgan fingerprint density at radius 2 is 1.58 bits per heavy atom. The summed E-state index contributed by atoms with van der Waals surface area (Å²) in [6, 6.07) is 19.0. The quantitative estimate of drug-likeness (QED) is 0.653. The number of rotatable bonds is 7. The minimum absolute atomic E-state index is 0.809. The Balaban J connectivity index is 1.69. The summed E-state index contributed by atoms with van der Waals surface area (Å²) in [7, 11) is 0. The van der Waals surface area contributed by atoms with Gasteiger partial charge in [0.15, 0.2) is 0 Å². The zero-order valence-corrected chi connectivity index (χ0v) is 11.6. The first-order valence-electron chi connectivity index (χ1n) is 7.15. The van der Waals surface area contributed by atoms with Crippen LogP contribution >= 0.6 is 0 Å². The summed E-state index contributed by atoms with van der Waals surface area (Å²) in [5.41, 5.74) is 2.71. The Morgan fingerprint density at radius 1 is 0.842 bits per heavy atom. The van der Waals surface area contributed by atoms with Gasteiger partial charge in [-0.1, -0.05) is 55.5 Å². The molecule has 1 nitrogen and oxygen atoms in total. The lowest BCUT2D eigenvalue weighted by Crippen LogP contribution is -2.00. The third-order valence-electron chi connectivity index (χ3n) is 3.31. The molecule has 1 heteroatoms. The average Bonchev–Trinajstić information content (AvgIpc) is 2.48. The zero-order chi connectivity index (χ0) is 13.3. The lowest BCUT2D eigenvalue weighted by atomic mass is 10.1. The molecule has 0 aliphatic rings. The number of unbranched alkanes of at least 4 members (excludes halogenated alkanes) is 1. The standard InChI is InChI=1S/C18H22O/c1-2-17-13-6-7-14-18(17)19-15-9-8-12-16-10-4-3-5-11-16/h3-7,10-11,13-14H,2,8-9,12,15H2,1H3. The van der Waals surface area contributed by atoms with E-state index in [1.54, 1.807) is 0 Å². The highest BCUT2D eigenvalue weighted by atomic mass is 16.5. The van der Waals surface area contributed by atoms with Gasteiger partial charge in [-0.15, -0.1) is 0 Å². The number of benzene rings is 2. The average molecular weight is 254 g/mol. The molecule has 0 N–H and O–H groups in total. The van der Waals surface area contributed by atoms with Crippen molar-refractivity contribution in [2.45, 2.75) is 32.6 Å². The molecule has 2 aromatic rings. The molecule has 2 rings (SSSR count). The largest absolute Gasteiger partial charge is 0.493 e. The second kappa shape index (κ2) is 7.63. The molecule has 0 aliphatic heterocycles. The van der Waals surface area contributed by atoms with E-state index in [-0.39, 0.29) is 0 Å². The molecule has 0 saturated heterocycles. The van der Waals surface area contributed by atoms with E-state index in [9.17, 15) is 0 Å². The summed E-state index contributed by atoms with van der Waals surface area (Å²) >= 11 is 0. The summed E-state index contributed by atoms with van der Waals surface area (Å²) in [5.74, 6) is 1.05. The summed E-state index contributed by atoms with van der Waals surface area (Å²) in [5, 5.41) is 0. The predicted molar refractivity (Wildman–Crippen MR) is 80.7 cm³/mol. The highest BCUT2D eigenvalue weighted by Crippen LogP contribution is 2.18. The van der Waals surface area contributed by atoms with Gasteiger partial charge in [0, 0.05) is 0 Å². The van der Waals surface area contributed by atoms with Crippen molar-refractivity contribution in [2.24, 2.45) is 0 Å². The molecule has 100 valence electrons. The maximum absolute atomic E-state index is 5.87. The molecular weight excluding hydrogens is 232 g/mol. The summed E-state index contributed by atoms with van der Waals surface area (Å²) in [4.78, 5) is 0. The molecule has 0 saturated carbocycles. The van der Waals surface area contributed by atoms with Crippen LogP contribution < -0.4 is 4.74 Å². The van der Waals surface area contributed by atoms with Crippen LogP contribution in [-0.4, -0.2) is 6.61 Å². The Morgan fingerprint density at radius 3 is 2.37 bits per heavy atom. The van der Waals surface area contributed by atoms with Crippen LogP contribution in [0.1, 0.15) is 30.9 Å². The first kappa shape index (κ1) is 13.7. The second-order valence-electron chi connectivity index (χ2n) is 4.75. The van der Waals surface area contributed by atoms with Gasteiger partial charge in [-0.3, -0.25) is 0 Å². The third-order valence-corrected chi connectivity index (χ3v) is 3.31. The van der Waals surface area contributed by atoms with Crippen LogP contribution in [0.25, 0.3) is 0 Å². The van der Waals surface area contributed by atoms with Crippen molar-refractivity contribution in [1.82, 2.24) is 0 Å². The summed E-state index contributed by atoms with van der Waals surface area (Å²) in [6.07, 6.45) is 4.45. The smallest absolute Gasteiger partial charge is 0.122 e. The maximum Gasteiger partial charge on any atom is 0.122 e. The van der Waals surface area contributed by atoms with E-state index in [1.807, 2.05) is 6.07 Å².